The Hall–Kier alpha value is -2.87. The average Bonchev–Trinajstić information content (AvgIpc) is 2.80. The van der Waals surface area contributed by atoms with Crippen LogP contribution in [-0.4, -0.2) is 31.7 Å². The summed E-state index contributed by atoms with van der Waals surface area (Å²) in [6, 6.07) is 21.8. The molecule has 1 aliphatic heterocycles. The molecule has 0 saturated carbocycles. The van der Waals surface area contributed by atoms with Crippen molar-refractivity contribution in [1.82, 2.24) is 9.73 Å². The predicted molar refractivity (Wildman–Crippen MR) is 126 cm³/mol. The zero-order valence-corrected chi connectivity index (χ0v) is 19.1. The molecule has 0 fully saturated rings. The molecule has 164 valence electrons. The van der Waals surface area contributed by atoms with Crippen LogP contribution < -0.4 is 4.72 Å². The highest BCUT2D eigenvalue weighted by Gasteiger charge is 2.30. The molecule has 6 nitrogen and oxygen atoms in total. The highest BCUT2D eigenvalue weighted by atomic mass is 35.5. The molecule has 32 heavy (non-hydrogen) atoms. The van der Waals surface area contributed by atoms with Crippen LogP contribution in [0.1, 0.15) is 23.5 Å². The number of hydrogen-bond acceptors (Lipinski definition) is 4. The minimum Gasteiger partial charge on any atom is -0.246 e. The van der Waals surface area contributed by atoms with E-state index < -0.39 is 16.1 Å². The average molecular weight is 488 g/mol. The van der Waals surface area contributed by atoms with Crippen molar-refractivity contribution < 1.29 is 13.2 Å². The SMILES string of the molecule is O=C(NS(=O)(=O)c1ccc(Cl)cc1)N1CCC(c2ccccc2)C(c2ccc(Cl)cc2)=N1. The molecular weight excluding hydrogens is 469 g/mol. The van der Waals surface area contributed by atoms with Crippen LogP contribution in [0.25, 0.3) is 0 Å². The summed E-state index contributed by atoms with van der Waals surface area (Å²) in [5.74, 6) is -0.0469. The number of urea groups is 1. The van der Waals surface area contributed by atoms with Crippen molar-refractivity contribution in [3.63, 3.8) is 0 Å². The normalized spacial score (nSPS) is 16.4. The van der Waals surface area contributed by atoms with Crippen LogP contribution in [0, 0.1) is 0 Å². The second kappa shape index (κ2) is 9.32. The fourth-order valence-electron chi connectivity index (χ4n) is 3.51. The van der Waals surface area contributed by atoms with Crippen LogP contribution in [0.5, 0.6) is 0 Å². The van der Waals surface area contributed by atoms with Crippen LogP contribution >= 0.6 is 23.2 Å². The Morgan fingerprint density at radius 2 is 1.50 bits per heavy atom. The van der Waals surface area contributed by atoms with Gasteiger partial charge in [0.15, 0.2) is 0 Å². The van der Waals surface area contributed by atoms with E-state index in [0.29, 0.717) is 22.2 Å². The lowest BCUT2D eigenvalue weighted by Crippen LogP contribution is -2.43. The molecule has 0 spiro atoms. The summed E-state index contributed by atoms with van der Waals surface area (Å²) in [5, 5.41) is 6.68. The molecule has 1 unspecified atom stereocenters. The number of amides is 2. The zero-order valence-electron chi connectivity index (χ0n) is 16.8. The van der Waals surface area contributed by atoms with E-state index in [1.165, 1.54) is 24.3 Å². The van der Waals surface area contributed by atoms with Gasteiger partial charge in [0.2, 0.25) is 0 Å². The molecule has 0 saturated heterocycles. The van der Waals surface area contributed by atoms with Crippen molar-refractivity contribution in [2.24, 2.45) is 5.10 Å². The van der Waals surface area contributed by atoms with E-state index in [1.807, 2.05) is 42.5 Å². The van der Waals surface area contributed by atoms with E-state index in [1.54, 1.807) is 12.1 Å². The third kappa shape index (κ3) is 4.96. The number of nitrogens with one attached hydrogen (secondary N) is 1. The van der Waals surface area contributed by atoms with Crippen molar-refractivity contribution in [1.29, 1.82) is 0 Å². The molecule has 1 atom stereocenters. The number of sulfonamides is 1. The highest BCUT2D eigenvalue weighted by Crippen LogP contribution is 2.30. The number of carbonyl (C=O) groups is 1. The summed E-state index contributed by atoms with van der Waals surface area (Å²) in [5.41, 5.74) is 2.54. The lowest BCUT2D eigenvalue weighted by Gasteiger charge is -2.30. The lowest BCUT2D eigenvalue weighted by molar-refractivity contribution is 0.202. The van der Waals surface area contributed by atoms with Gasteiger partial charge in [-0.1, -0.05) is 65.7 Å². The van der Waals surface area contributed by atoms with Gasteiger partial charge in [-0.15, -0.1) is 0 Å². The first-order chi connectivity index (χ1) is 15.3. The molecule has 0 aromatic heterocycles. The number of nitrogens with zero attached hydrogens (tertiary/aromatic N) is 2. The van der Waals surface area contributed by atoms with E-state index in [9.17, 15) is 13.2 Å². The quantitative estimate of drug-likeness (QED) is 0.543. The molecule has 9 heteroatoms. The summed E-state index contributed by atoms with van der Waals surface area (Å²) < 4.78 is 27.3. The van der Waals surface area contributed by atoms with Gasteiger partial charge in [-0.2, -0.15) is 5.10 Å². The molecule has 0 aliphatic carbocycles. The van der Waals surface area contributed by atoms with Crippen molar-refractivity contribution in [2.45, 2.75) is 17.2 Å². The second-order valence-corrected chi connectivity index (χ2v) is 9.79. The van der Waals surface area contributed by atoms with Gasteiger partial charge < -0.3 is 0 Å². The maximum atomic E-state index is 12.8. The third-order valence-electron chi connectivity index (χ3n) is 5.11. The highest BCUT2D eigenvalue weighted by molar-refractivity contribution is 7.90. The monoisotopic (exact) mass is 487 g/mol. The lowest BCUT2D eigenvalue weighted by atomic mass is 9.86. The molecule has 2 amide bonds. The van der Waals surface area contributed by atoms with Gasteiger partial charge in [-0.25, -0.2) is 22.9 Å². The van der Waals surface area contributed by atoms with E-state index in [4.69, 9.17) is 23.2 Å². The van der Waals surface area contributed by atoms with Crippen LogP contribution in [0.2, 0.25) is 10.0 Å². The predicted octanol–water partition coefficient (Wildman–Crippen LogP) is 5.29. The topological polar surface area (TPSA) is 78.8 Å². The van der Waals surface area contributed by atoms with Crippen molar-refractivity contribution >= 4 is 45.0 Å². The summed E-state index contributed by atoms with van der Waals surface area (Å²) >= 11 is 11.9. The van der Waals surface area contributed by atoms with Crippen molar-refractivity contribution in [2.75, 3.05) is 6.54 Å². The van der Waals surface area contributed by atoms with E-state index in [2.05, 4.69) is 9.82 Å². The largest absolute Gasteiger partial charge is 0.351 e. The molecule has 1 aliphatic rings. The summed E-state index contributed by atoms with van der Waals surface area (Å²) in [4.78, 5) is 12.8. The van der Waals surface area contributed by atoms with Crippen LogP contribution in [0.15, 0.2) is 88.9 Å². The van der Waals surface area contributed by atoms with Gasteiger partial charge in [0.25, 0.3) is 10.0 Å². The Balaban J connectivity index is 1.64. The molecule has 3 aromatic rings. The first kappa shape index (κ1) is 22.3. The molecule has 0 bridgehead atoms. The molecule has 1 heterocycles. The molecule has 3 aromatic carbocycles. The van der Waals surface area contributed by atoms with Crippen LogP contribution in [0.3, 0.4) is 0 Å². The number of hydrogen-bond donors (Lipinski definition) is 1. The third-order valence-corrected chi connectivity index (χ3v) is 6.95. The number of carbonyl (C=O) groups excluding carboxylic acids is 1. The standard InChI is InChI=1S/C23H19Cl2N3O3S/c24-18-8-6-17(7-9-18)22-21(16-4-2-1-3-5-16)14-15-28(26-22)23(29)27-32(30,31)20-12-10-19(25)11-13-20/h1-13,21H,14-15H2,(H,27,29). The number of benzene rings is 3. The molecule has 1 N–H and O–H groups in total. The van der Waals surface area contributed by atoms with Crippen molar-refractivity contribution in [3.05, 3.63) is 100 Å². The first-order valence-corrected chi connectivity index (χ1v) is 12.1. The van der Waals surface area contributed by atoms with Gasteiger partial charge >= 0.3 is 6.03 Å². The zero-order chi connectivity index (χ0) is 22.7. The van der Waals surface area contributed by atoms with E-state index in [-0.39, 0.29) is 17.4 Å². The molecular formula is C23H19Cl2N3O3S. The van der Waals surface area contributed by atoms with Gasteiger partial charge in [0.1, 0.15) is 0 Å². The number of rotatable bonds is 4. The summed E-state index contributed by atoms with van der Waals surface area (Å²) in [6.45, 7) is 0.263. The number of halogens is 2. The second-order valence-electron chi connectivity index (χ2n) is 7.23. The molecule has 4 rings (SSSR count). The van der Waals surface area contributed by atoms with Crippen LogP contribution in [0.4, 0.5) is 4.79 Å². The fraction of sp³-hybridized carbons (Fsp3) is 0.130. The minimum atomic E-state index is -4.07. The smallest absolute Gasteiger partial charge is 0.246 e. The van der Waals surface area contributed by atoms with Gasteiger partial charge in [-0.05, 0) is 53.9 Å². The Morgan fingerprint density at radius 1 is 0.906 bits per heavy atom. The maximum Gasteiger partial charge on any atom is 0.351 e. The fourth-order valence-corrected chi connectivity index (χ4v) is 4.71. The van der Waals surface area contributed by atoms with Gasteiger partial charge in [0, 0.05) is 22.5 Å². The Morgan fingerprint density at radius 3 is 2.12 bits per heavy atom. The van der Waals surface area contributed by atoms with Gasteiger partial charge in [-0.3, -0.25) is 0 Å². The Kier molecular flexibility index (Phi) is 6.50. The maximum absolute atomic E-state index is 12.8. The van der Waals surface area contributed by atoms with Gasteiger partial charge in [0.05, 0.1) is 10.6 Å². The van der Waals surface area contributed by atoms with Crippen LogP contribution in [-0.2, 0) is 10.0 Å². The van der Waals surface area contributed by atoms with E-state index in [0.717, 1.165) is 16.1 Å². The summed E-state index contributed by atoms with van der Waals surface area (Å²) in [6.07, 6.45) is 0.583. The first-order valence-electron chi connectivity index (χ1n) is 9.83. The van der Waals surface area contributed by atoms with Crippen molar-refractivity contribution in [3.8, 4) is 0 Å². The number of hydrazone groups is 1. The Labute approximate surface area is 196 Å². The Bertz CT molecular complexity index is 1250. The minimum absolute atomic E-state index is 0.0469. The van der Waals surface area contributed by atoms with E-state index >= 15 is 0 Å². The summed E-state index contributed by atoms with van der Waals surface area (Å²) in [7, 11) is -4.07. The molecule has 0 radical (unpaired) electrons.